The van der Waals surface area contributed by atoms with Gasteiger partial charge in [0, 0.05) is 19.1 Å². The molecule has 2 aromatic rings. The zero-order valence-electron chi connectivity index (χ0n) is 12.6. The quantitative estimate of drug-likeness (QED) is 0.801. The lowest BCUT2D eigenvalue weighted by Gasteiger charge is -2.22. The van der Waals surface area contributed by atoms with E-state index in [9.17, 15) is 8.42 Å². The highest BCUT2D eigenvalue weighted by Crippen LogP contribution is 2.22. The van der Waals surface area contributed by atoms with Crippen LogP contribution in [0.4, 0.5) is 5.13 Å². The van der Waals surface area contributed by atoms with E-state index >= 15 is 0 Å². The molecule has 120 valence electrons. The van der Waals surface area contributed by atoms with Crippen LogP contribution in [-0.4, -0.2) is 37.9 Å². The smallest absolute Gasteiger partial charge is 0.249 e. The first-order valence-corrected chi connectivity index (χ1v) is 9.18. The first-order chi connectivity index (χ1) is 10.3. The zero-order valence-corrected chi connectivity index (χ0v) is 14.2. The van der Waals surface area contributed by atoms with Crippen molar-refractivity contribution in [1.29, 1.82) is 0 Å². The molecule has 1 atom stereocenters. The molecule has 0 saturated heterocycles. The van der Waals surface area contributed by atoms with E-state index in [0.717, 1.165) is 24.4 Å². The molecule has 1 unspecified atom stereocenters. The Labute approximate surface area is 135 Å². The fourth-order valence-electron chi connectivity index (χ4n) is 2.14. The van der Waals surface area contributed by atoms with Crippen molar-refractivity contribution in [3.8, 4) is 0 Å². The van der Waals surface area contributed by atoms with Gasteiger partial charge in [-0.1, -0.05) is 41.7 Å². The topological polar surface area (TPSA) is 88.3 Å². The van der Waals surface area contributed by atoms with Crippen LogP contribution in [0, 0.1) is 0 Å². The summed E-state index contributed by atoms with van der Waals surface area (Å²) >= 11 is 1.05. The molecule has 22 heavy (non-hydrogen) atoms. The van der Waals surface area contributed by atoms with Crippen molar-refractivity contribution in [2.75, 3.05) is 18.9 Å². The average Bonchev–Trinajstić information content (AvgIpc) is 2.87. The van der Waals surface area contributed by atoms with Crippen LogP contribution in [0.3, 0.4) is 0 Å². The minimum absolute atomic E-state index is 0.0693. The summed E-state index contributed by atoms with van der Waals surface area (Å²) in [6.45, 7) is 3.69. The van der Waals surface area contributed by atoms with Crippen molar-refractivity contribution < 1.29 is 8.42 Å². The Bertz CT molecular complexity index is 701. The van der Waals surface area contributed by atoms with Crippen molar-refractivity contribution in [3.63, 3.8) is 0 Å². The number of thiazole rings is 1. The molecule has 2 rings (SSSR count). The monoisotopic (exact) mass is 340 g/mol. The highest BCUT2D eigenvalue weighted by molar-refractivity contribution is 7.91. The molecule has 0 fully saturated rings. The molecule has 3 N–H and O–H groups in total. The van der Waals surface area contributed by atoms with E-state index in [1.54, 1.807) is 0 Å². The minimum Gasteiger partial charge on any atom is -0.358 e. The van der Waals surface area contributed by atoms with Crippen LogP contribution in [0.25, 0.3) is 0 Å². The largest absolute Gasteiger partial charge is 0.358 e. The van der Waals surface area contributed by atoms with Gasteiger partial charge in [0.05, 0.1) is 6.20 Å². The average molecular weight is 340 g/mol. The van der Waals surface area contributed by atoms with Crippen LogP contribution in [-0.2, 0) is 16.6 Å². The fraction of sp³-hybridized carbons (Fsp3) is 0.357. The van der Waals surface area contributed by atoms with Gasteiger partial charge in [-0.3, -0.25) is 0 Å². The highest BCUT2D eigenvalue weighted by atomic mass is 32.2. The minimum atomic E-state index is -3.68. The Morgan fingerprint density at radius 3 is 2.64 bits per heavy atom. The maximum atomic E-state index is 11.2. The number of anilines is 1. The third-order valence-corrected chi connectivity index (χ3v) is 5.35. The summed E-state index contributed by atoms with van der Waals surface area (Å²) < 4.78 is 22.5. The number of aromatic nitrogens is 1. The molecule has 1 heterocycles. The van der Waals surface area contributed by atoms with Crippen LogP contribution in [0.2, 0.25) is 0 Å². The molecule has 0 aliphatic rings. The highest BCUT2D eigenvalue weighted by Gasteiger charge is 2.14. The van der Waals surface area contributed by atoms with Crippen molar-refractivity contribution in [3.05, 3.63) is 42.1 Å². The molecular weight excluding hydrogens is 320 g/mol. The molecule has 1 aromatic carbocycles. The predicted molar refractivity (Wildman–Crippen MR) is 89.3 cm³/mol. The molecule has 0 amide bonds. The van der Waals surface area contributed by atoms with Crippen molar-refractivity contribution >= 4 is 26.5 Å². The molecule has 0 aliphatic heterocycles. The van der Waals surface area contributed by atoms with Gasteiger partial charge in [0.2, 0.25) is 10.0 Å². The lowest BCUT2D eigenvalue weighted by atomic mass is 10.2. The van der Waals surface area contributed by atoms with E-state index in [4.69, 9.17) is 5.14 Å². The summed E-state index contributed by atoms with van der Waals surface area (Å²) in [4.78, 5) is 6.24. The summed E-state index contributed by atoms with van der Waals surface area (Å²) in [5, 5.41) is 8.83. The van der Waals surface area contributed by atoms with E-state index in [-0.39, 0.29) is 10.3 Å². The van der Waals surface area contributed by atoms with Crippen LogP contribution in [0.1, 0.15) is 12.5 Å². The first kappa shape index (κ1) is 16.9. The van der Waals surface area contributed by atoms with E-state index in [1.807, 2.05) is 32.2 Å². The molecule has 0 aliphatic carbocycles. The second kappa shape index (κ2) is 7.19. The number of sulfonamides is 1. The Morgan fingerprint density at radius 1 is 1.36 bits per heavy atom. The van der Waals surface area contributed by atoms with Crippen LogP contribution in [0.5, 0.6) is 0 Å². The molecule has 1 aromatic heterocycles. The van der Waals surface area contributed by atoms with E-state index in [2.05, 4.69) is 27.3 Å². The first-order valence-electron chi connectivity index (χ1n) is 6.82. The Balaban J connectivity index is 1.87. The van der Waals surface area contributed by atoms with Crippen LogP contribution in [0.15, 0.2) is 40.7 Å². The van der Waals surface area contributed by atoms with Gasteiger partial charge in [-0.05, 0) is 19.5 Å². The number of benzene rings is 1. The number of primary sulfonamides is 1. The number of nitrogens with one attached hydrogen (secondary N) is 1. The van der Waals surface area contributed by atoms with Gasteiger partial charge < -0.3 is 10.2 Å². The third-order valence-electron chi connectivity index (χ3n) is 3.02. The van der Waals surface area contributed by atoms with E-state index in [1.165, 1.54) is 11.8 Å². The van der Waals surface area contributed by atoms with Crippen LogP contribution < -0.4 is 10.5 Å². The van der Waals surface area contributed by atoms with Gasteiger partial charge in [0.15, 0.2) is 9.34 Å². The third kappa shape index (κ3) is 5.06. The van der Waals surface area contributed by atoms with Gasteiger partial charge in [-0.2, -0.15) is 0 Å². The standard InChI is InChI=1S/C14H20N4O2S2/c1-11(9-18(2)10-12-6-4-3-5-7-12)17-14-16-8-13(21-14)22(15,19)20/h3-8,11H,9-10H2,1-2H3,(H,16,17)(H2,15,19,20). The molecule has 6 nitrogen and oxygen atoms in total. The lowest BCUT2D eigenvalue weighted by molar-refractivity contribution is 0.316. The maximum absolute atomic E-state index is 11.2. The van der Waals surface area contributed by atoms with Crippen LogP contribution >= 0.6 is 11.3 Å². The number of nitrogens with zero attached hydrogens (tertiary/aromatic N) is 2. The SMILES string of the molecule is CC(CN(C)Cc1ccccc1)Nc1ncc(S(N)(=O)=O)s1. The summed E-state index contributed by atoms with van der Waals surface area (Å²) in [5.74, 6) is 0. The summed E-state index contributed by atoms with van der Waals surface area (Å²) in [7, 11) is -1.63. The Hall–Kier alpha value is -1.48. The molecule has 0 spiro atoms. The second-order valence-electron chi connectivity index (χ2n) is 5.26. The number of hydrogen-bond donors (Lipinski definition) is 2. The normalized spacial score (nSPS) is 13.3. The molecule has 0 bridgehead atoms. The summed E-state index contributed by atoms with van der Waals surface area (Å²) in [5.41, 5.74) is 1.25. The molecular formula is C14H20N4O2S2. The second-order valence-corrected chi connectivity index (χ2v) is 8.08. The lowest BCUT2D eigenvalue weighted by Crippen LogP contribution is -2.31. The van der Waals surface area contributed by atoms with Gasteiger partial charge >= 0.3 is 0 Å². The number of nitrogens with two attached hydrogens (primary N) is 1. The summed E-state index contributed by atoms with van der Waals surface area (Å²) in [6.07, 6.45) is 1.28. The van der Waals surface area contributed by atoms with Gasteiger partial charge in [0.1, 0.15) is 0 Å². The van der Waals surface area contributed by atoms with Crippen molar-refractivity contribution in [2.45, 2.75) is 23.7 Å². The van der Waals surface area contributed by atoms with Crippen molar-refractivity contribution in [2.24, 2.45) is 5.14 Å². The van der Waals surface area contributed by atoms with Gasteiger partial charge in [-0.25, -0.2) is 18.5 Å². The number of likely N-dealkylation sites (N-methyl/N-ethyl adjacent to an activating group) is 1. The number of rotatable bonds is 7. The van der Waals surface area contributed by atoms with Gasteiger partial charge in [-0.15, -0.1) is 0 Å². The zero-order chi connectivity index (χ0) is 16.2. The number of hydrogen-bond acceptors (Lipinski definition) is 6. The van der Waals surface area contributed by atoms with E-state index < -0.39 is 10.0 Å². The summed E-state index contributed by atoms with van der Waals surface area (Å²) in [6, 6.07) is 10.4. The fourth-order valence-corrected chi connectivity index (χ4v) is 3.70. The maximum Gasteiger partial charge on any atom is 0.249 e. The van der Waals surface area contributed by atoms with E-state index in [0.29, 0.717) is 5.13 Å². The predicted octanol–water partition coefficient (Wildman–Crippen LogP) is 1.72. The molecule has 0 saturated carbocycles. The van der Waals surface area contributed by atoms with Gasteiger partial charge in [0.25, 0.3) is 0 Å². The molecule has 8 heteroatoms. The van der Waals surface area contributed by atoms with Crippen molar-refractivity contribution in [1.82, 2.24) is 9.88 Å². The Kier molecular flexibility index (Phi) is 5.52. The molecule has 0 radical (unpaired) electrons. The Morgan fingerprint density at radius 2 is 2.05 bits per heavy atom.